The van der Waals surface area contributed by atoms with Crippen LogP contribution in [0.2, 0.25) is 5.02 Å². The molecule has 2 atom stereocenters. The zero-order chi connectivity index (χ0) is 13.8. The van der Waals surface area contributed by atoms with Gasteiger partial charge in [0.1, 0.15) is 5.82 Å². The lowest BCUT2D eigenvalue weighted by Crippen LogP contribution is -2.38. The maximum atomic E-state index is 13.2. The van der Waals surface area contributed by atoms with Gasteiger partial charge in [-0.2, -0.15) is 0 Å². The highest BCUT2D eigenvalue weighted by atomic mass is 35.5. The van der Waals surface area contributed by atoms with Crippen LogP contribution in [0, 0.1) is 17.7 Å². The Morgan fingerprint density at radius 3 is 2.74 bits per heavy atom. The minimum absolute atomic E-state index is 0.228. The van der Waals surface area contributed by atoms with Crippen molar-refractivity contribution in [1.82, 2.24) is 5.32 Å². The van der Waals surface area contributed by atoms with E-state index in [9.17, 15) is 4.39 Å². The van der Waals surface area contributed by atoms with Crippen LogP contribution in [0.3, 0.4) is 0 Å². The maximum absolute atomic E-state index is 13.2. The molecule has 1 saturated carbocycles. The van der Waals surface area contributed by atoms with E-state index in [-0.39, 0.29) is 10.8 Å². The van der Waals surface area contributed by atoms with Crippen LogP contribution in [0.5, 0.6) is 0 Å². The molecule has 1 aromatic carbocycles. The second-order valence-electron chi connectivity index (χ2n) is 5.71. The van der Waals surface area contributed by atoms with E-state index < -0.39 is 0 Å². The van der Waals surface area contributed by atoms with Crippen molar-refractivity contribution in [3.05, 3.63) is 34.6 Å². The molecule has 106 valence electrons. The first-order valence-electron chi connectivity index (χ1n) is 7.29. The van der Waals surface area contributed by atoms with Crippen molar-refractivity contribution in [2.75, 3.05) is 6.54 Å². The van der Waals surface area contributed by atoms with E-state index >= 15 is 0 Å². The first-order chi connectivity index (χ1) is 9.11. The summed E-state index contributed by atoms with van der Waals surface area (Å²) in [6.07, 6.45) is 4.78. The molecule has 0 aromatic heterocycles. The fourth-order valence-corrected chi connectivity index (χ4v) is 2.85. The van der Waals surface area contributed by atoms with Crippen molar-refractivity contribution < 1.29 is 4.39 Å². The SMILES string of the molecule is CCCNC(Cc1ccc(F)c(Cl)c1)C(C)C1CC1. The largest absolute Gasteiger partial charge is 0.313 e. The van der Waals surface area contributed by atoms with Crippen LogP contribution >= 0.6 is 11.6 Å². The molecule has 1 aliphatic rings. The Morgan fingerprint density at radius 2 is 2.16 bits per heavy atom. The van der Waals surface area contributed by atoms with E-state index in [4.69, 9.17) is 11.6 Å². The second kappa shape index (κ2) is 6.71. The zero-order valence-corrected chi connectivity index (χ0v) is 12.5. The molecule has 2 rings (SSSR count). The van der Waals surface area contributed by atoms with Crippen LogP contribution in [-0.4, -0.2) is 12.6 Å². The number of nitrogens with one attached hydrogen (secondary N) is 1. The third-order valence-electron chi connectivity index (χ3n) is 4.10. The maximum Gasteiger partial charge on any atom is 0.141 e. The number of hydrogen-bond acceptors (Lipinski definition) is 1. The molecule has 0 radical (unpaired) electrons. The van der Waals surface area contributed by atoms with Gasteiger partial charge < -0.3 is 5.32 Å². The van der Waals surface area contributed by atoms with Gasteiger partial charge in [0.15, 0.2) is 0 Å². The number of hydrogen-bond donors (Lipinski definition) is 1. The van der Waals surface area contributed by atoms with E-state index in [1.807, 2.05) is 6.07 Å². The quantitative estimate of drug-likeness (QED) is 0.780. The molecule has 0 spiro atoms. The molecule has 0 amide bonds. The molecule has 0 heterocycles. The summed E-state index contributed by atoms with van der Waals surface area (Å²) in [5.74, 6) is 1.21. The summed E-state index contributed by atoms with van der Waals surface area (Å²) in [5.41, 5.74) is 1.12. The molecule has 1 aromatic rings. The van der Waals surface area contributed by atoms with E-state index in [1.54, 1.807) is 6.07 Å². The predicted octanol–water partition coefficient (Wildman–Crippen LogP) is 4.44. The van der Waals surface area contributed by atoms with Gasteiger partial charge in [-0.1, -0.05) is 31.5 Å². The highest BCUT2D eigenvalue weighted by Crippen LogP contribution is 2.39. The summed E-state index contributed by atoms with van der Waals surface area (Å²) in [5, 5.41) is 3.86. The molecule has 3 heteroatoms. The molecule has 1 aliphatic carbocycles. The lowest BCUT2D eigenvalue weighted by molar-refractivity contribution is 0.339. The van der Waals surface area contributed by atoms with Gasteiger partial charge in [0.05, 0.1) is 5.02 Å². The van der Waals surface area contributed by atoms with E-state index in [0.717, 1.165) is 30.9 Å². The fourth-order valence-electron chi connectivity index (χ4n) is 2.64. The number of rotatable bonds is 7. The lowest BCUT2D eigenvalue weighted by atomic mass is 9.91. The Labute approximate surface area is 120 Å². The highest BCUT2D eigenvalue weighted by Gasteiger charge is 2.33. The standard InChI is InChI=1S/C16H23ClFN/c1-3-8-19-16(11(2)13-5-6-13)10-12-4-7-15(18)14(17)9-12/h4,7,9,11,13,16,19H,3,5-6,8,10H2,1-2H3. The first kappa shape index (κ1) is 14.8. The molecule has 1 fully saturated rings. The lowest BCUT2D eigenvalue weighted by Gasteiger charge is -2.25. The van der Waals surface area contributed by atoms with Gasteiger partial charge in [-0.05, 0) is 61.8 Å². The van der Waals surface area contributed by atoms with Crippen molar-refractivity contribution >= 4 is 11.6 Å². The monoisotopic (exact) mass is 283 g/mol. The van der Waals surface area contributed by atoms with E-state index in [1.165, 1.54) is 18.9 Å². The molecule has 0 aliphatic heterocycles. The Balaban J connectivity index is 2.02. The fraction of sp³-hybridized carbons (Fsp3) is 0.625. The first-order valence-corrected chi connectivity index (χ1v) is 7.67. The average molecular weight is 284 g/mol. The van der Waals surface area contributed by atoms with Gasteiger partial charge in [0.2, 0.25) is 0 Å². The van der Waals surface area contributed by atoms with Crippen LogP contribution in [0.4, 0.5) is 4.39 Å². The van der Waals surface area contributed by atoms with Crippen LogP contribution in [0.25, 0.3) is 0 Å². The third-order valence-corrected chi connectivity index (χ3v) is 4.39. The summed E-state index contributed by atoms with van der Waals surface area (Å²) >= 11 is 5.86. The van der Waals surface area contributed by atoms with Gasteiger partial charge >= 0.3 is 0 Å². The molecule has 2 unspecified atom stereocenters. The van der Waals surface area contributed by atoms with Gasteiger partial charge in [-0.15, -0.1) is 0 Å². The van der Waals surface area contributed by atoms with Crippen LogP contribution in [0.15, 0.2) is 18.2 Å². The predicted molar refractivity (Wildman–Crippen MR) is 79.1 cm³/mol. The van der Waals surface area contributed by atoms with Crippen LogP contribution < -0.4 is 5.32 Å². The normalized spacial score (nSPS) is 18.3. The molecule has 0 saturated heterocycles. The van der Waals surface area contributed by atoms with Gasteiger partial charge in [-0.25, -0.2) is 4.39 Å². The molecular weight excluding hydrogens is 261 g/mol. The van der Waals surface area contributed by atoms with Crippen molar-refractivity contribution in [3.63, 3.8) is 0 Å². The van der Waals surface area contributed by atoms with Crippen LogP contribution in [-0.2, 0) is 6.42 Å². The molecule has 1 nitrogen and oxygen atoms in total. The number of benzene rings is 1. The Kier molecular flexibility index (Phi) is 5.23. The minimum atomic E-state index is -0.335. The topological polar surface area (TPSA) is 12.0 Å². The van der Waals surface area contributed by atoms with Crippen LogP contribution in [0.1, 0.15) is 38.7 Å². The summed E-state index contributed by atoms with van der Waals surface area (Å²) in [6, 6.07) is 5.54. The zero-order valence-electron chi connectivity index (χ0n) is 11.8. The molecular formula is C16H23ClFN. The van der Waals surface area contributed by atoms with Crippen molar-refractivity contribution in [2.45, 2.75) is 45.6 Å². The Bertz CT molecular complexity index is 417. The van der Waals surface area contributed by atoms with Crippen molar-refractivity contribution in [3.8, 4) is 0 Å². The van der Waals surface area contributed by atoms with E-state index in [2.05, 4.69) is 19.2 Å². The highest BCUT2D eigenvalue weighted by molar-refractivity contribution is 6.30. The summed E-state index contributed by atoms with van der Waals surface area (Å²) in [7, 11) is 0. The van der Waals surface area contributed by atoms with Crippen molar-refractivity contribution in [1.29, 1.82) is 0 Å². The van der Waals surface area contributed by atoms with Gasteiger partial charge in [0.25, 0.3) is 0 Å². The second-order valence-corrected chi connectivity index (χ2v) is 6.12. The Morgan fingerprint density at radius 1 is 1.42 bits per heavy atom. The smallest absolute Gasteiger partial charge is 0.141 e. The Hall–Kier alpha value is -0.600. The van der Waals surface area contributed by atoms with E-state index in [0.29, 0.717) is 12.0 Å². The van der Waals surface area contributed by atoms with Gasteiger partial charge in [0, 0.05) is 6.04 Å². The summed E-state index contributed by atoms with van der Waals surface area (Å²) in [4.78, 5) is 0. The summed E-state index contributed by atoms with van der Waals surface area (Å²) in [6.45, 7) is 5.55. The summed E-state index contributed by atoms with van der Waals surface area (Å²) < 4.78 is 13.2. The molecule has 19 heavy (non-hydrogen) atoms. The molecule has 1 N–H and O–H groups in total. The number of halogens is 2. The van der Waals surface area contributed by atoms with Crippen molar-refractivity contribution in [2.24, 2.45) is 11.8 Å². The van der Waals surface area contributed by atoms with Gasteiger partial charge in [-0.3, -0.25) is 0 Å². The average Bonchev–Trinajstić information content (AvgIpc) is 3.22. The minimum Gasteiger partial charge on any atom is -0.313 e. The molecule has 0 bridgehead atoms. The third kappa shape index (κ3) is 4.19.